The van der Waals surface area contributed by atoms with Crippen molar-refractivity contribution in [1.82, 2.24) is 0 Å². The Balaban J connectivity index is 1.86. The average molecular weight is 392 g/mol. The smallest absolute Gasteiger partial charge is 0.0437 e. The highest BCUT2D eigenvalue weighted by atomic mass is 35.5. The fraction of sp³-hybridized carbons (Fsp3) is 0.423. The Bertz CT molecular complexity index is 919. The van der Waals surface area contributed by atoms with Crippen molar-refractivity contribution in [3.8, 4) is 11.1 Å². The van der Waals surface area contributed by atoms with E-state index in [2.05, 4.69) is 64.6 Å². The molecule has 2 aliphatic rings. The summed E-state index contributed by atoms with van der Waals surface area (Å²) < 4.78 is 0. The van der Waals surface area contributed by atoms with Crippen LogP contribution in [0.5, 0.6) is 0 Å². The molecule has 0 heterocycles. The molecule has 0 saturated heterocycles. The van der Waals surface area contributed by atoms with E-state index in [-0.39, 0.29) is 16.7 Å². The van der Waals surface area contributed by atoms with Gasteiger partial charge >= 0.3 is 0 Å². The molecule has 28 heavy (non-hydrogen) atoms. The second kappa shape index (κ2) is 6.59. The van der Waals surface area contributed by atoms with Gasteiger partial charge in [-0.15, -0.1) is 0 Å². The zero-order valence-corrected chi connectivity index (χ0v) is 18.2. The SMILES string of the molecule is C=C1C(c2cc(-c3ccc(Cl)cc3)ccc2C2CC2)C(=N)C(C)(C)CC1(C)C. The van der Waals surface area contributed by atoms with Gasteiger partial charge < -0.3 is 5.41 Å². The molecule has 0 bridgehead atoms. The second-order valence-corrected chi connectivity index (χ2v) is 10.4. The minimum atomic E-state index is -0.119. The van der Waals surface area contributed by atoms with Crippen molar-refractivity contribution >= 4 is 17.3 Å². The number of hydrogen-bond acceptors (Lipinski definition) is 1. The van der Waals surface area contributed by atoms with E-state index >= 15 is 0 Å². The zero-order valence-electron chi connectivity index (χ0n) is 17.4. The number of nitrogens with one attached hydrogen (secondary N) is 1. The van der Waals surface area contributed by atoms with Gasteiger partial charge in [-0.25, -0.2) is 0 Å². The van der Waals surface area contributed by atoms with Crippen molar-refractivity contribution < 1.29 is 0 Å². The fourth-order valence-electron chi connectivity index (χ4n) is 5.03. The van der Waals surface area contributed by atoms with Gasteiger partial charge in [-0.2, -0.15) is 0 Å². The Morgan fingerprint density at radius 2 is 1.50 bits per heavy atom. The predicted octanol–water partition coefficient (Wildman–Crippen LogP) is 8.00. The Morgan fingerprint density at radius 1 is 0.893 bits per heavy atom. The van der Waals surface area contributed by atoms with Crippen LogP contribution in [0.25, 0.3) is 11.1 Å². The van der Waals surface area contributed by atoms with Gasteiger partial charge in [0.05, 0.1) is 0 Å². The molecular formula is C26H30ClN. The van der Waals surface area contributed by atoms with Gasteiger partial charge in [-0.3, -0.25) is 0 Å². The van der Waals surface area contributed by atoms with Crippen LogP contribution in [-0.4, -0.2) is 5.71 Å². The molecule has 0 radical (unpaired) electrons. The van der Waals surface area contributed by atoms with Crippen LogP contribution in [-0.2, 0) is 0 Å². The highest BCUT2D eigenvalue weighted by Gasteiger charge is 2.47. The van der Waals surface area contributed by atoms with E-state index in [1.807, 2.05) is 12.1 Å². The maximum absolute atomic E-state index is 9.08. The van der Waals surface area contributed by atoms with Crippen LogP contribution in [0, 0.1) is 16.2 Å². The van der Waals surface area contributed by atoms with Crippen LogP contribution in [0.4, 0.5) is 0 Å². The van der Waals surface area contributed by atoms with Gasteiger partial charge in [0.1, 0.15) is 0 Å². The summed E-state index contributed by atoms with van der Waals surface area (Å²) in [6, 6.07) is 14.9. The molecule has 2 aliphatic carbocycles. The minimum Gasteiger partial charge on any atom is -0.308 e. The first kappa shape index (κ1) is 19.5. The molecule has 1 unspecified atom stereocenters. The van der Waals surface area contributed by atoms with Crippen molar-refractivity contribution in [2.24, 2.45) is 10.8 Å². The first-order chi connectivity index (χ1) is 13.1. The summed E-state index contributed by atoms with van der Waals surface area (Å²) >= 11 is 6.09. The average Bonchev–Trinajstić information content (AvgIpc) is 3.45. The zero-order chi connectivity index (χ0) is 20.3. The highest BCUT2D eigenvalue weighted by molar-refractivity contribution is 6.30. The molecule has 1 atom stereocenters. The van der Waals surface area contributed by atoms with Crippen LogP contribution in [0.1, 0.15) is 69.9 Å². The molecule has 0 spiro atoms. The van der Waals surface area contributed by atoms with Crippen molar-refractivity contribution in [1.29, 1.82) is 5.41 Å². The van der Waals surface area contributed by atoms with Gasteiger partial charge in [-0.05, 0) is 71.0 Å². The molecule has 146 valence electrons. The normalized spacial score (nSPS) is 23.7. The quantitative estimate of drug-likeness (QED) is 0.512. The summed E-state index contributed by atoms with van der Waals surface area (Å²) in [6.45, 7) is 13.5. The number of halogens is 1. The lowest BCUT2D eigenvalue weighted by Crippen LogP contribution is -2.43. The molecule has 2 heteroatoms. The van der Waals surface area contributed by atoms with Gasteiger partial charge in [0.25, 0.3) is 0 Å². The Morgan fingerprint density at radius 3 is 2.11 bits per heavy atom. The summed E-state index contributed by atoms with van der Waals surface area (Å²) in [7, 11) is 0. The van der Waals surface area contributed by atoms with E-state index in [1.165, 1.54) is 40.7 Å². The summed E-state index contributed by atoms with van der Waals surface area (Å²) in [5.74, 6) is 0.643. The van der Waals surface area contributed by atoms with Gasteiger partial charge in [0.15, 0.2) is 0 Å². The number of benzene rings is 2. The largest absolute Gasteiger partial charge is 0.308 e. The third-order valence-electron chi connectivity index (χ3n) is 6.71. The van der Waals surface area contributed by atoms with E-state index in [1.54, 1.807) is 0 Å². The van der Waals surface area contributed by atoms with E-state index < -0.39 is 0 Å². The Kier molecular flexibility index (Phi) is 4.58. The van der Waals surface area contributed by atoms with Crippen LogP contribution in [0.15, 0.2) is 54.6 Å². The standard InChI is InChI=1S/C26H30ClN/c1-16-23(24(28)26(4,5)15-25(16,2)3)22-14-19(10-13-21(22)18-6-7-18)17-8-11-20(27)12-9-17/h8-14,18,23,28H,1,6-7,15H2,2-5H3. The lowest BCUT2D eigenvalue weighted by atomic mass is 9.56. The van der Waals surface area contributed by atoms with Crippen LogP contribution >= 0.6 is 11.6 Å². The van der Waals surface area contributed by atoms with E-state index in [0.29, 0.717) is 5.92 Å². The molecule has 0 aliphatic heterocycles. The maximum atomic E-state index is 9.08. The van der Waals surface area contributed by atoms with Crippen molar-refractivity contribution in [2.45, 2.75) is 58.8 Å². The summed E-state index contributed by atoms with van der Waals surface area (Å²) in [4.78, 5) is 0. The van der Waals surface area contributed by atoms with Crippen molar-refractivity contribution in [3.63, 3.8) is 0 Å². The number of allylic oxidation sites excluding steroid dienone is 1. The summed E-state index contributed by atoms with van der Waals surface area (Å²) in [5, 5.41) is 9.83. The first-order valence-electron chi connectivity index (χ1n) is 10.3. The topological polar surface area (TPSA) is 23.9 Å². The van der Waals surface area contributed by atoms with Gasteiger partial charge in [0.2, 0.25) is 0 Å². The molecule has 0 amide bonds. The Hall–Kier alpha value is -1.86. The molecule has 0 aromatic heterocycles. The first-order valence-corrected chi connectivity index (χ1v) is 10.7. The number of hydrogen-bond donors (Lipinski definition) is 1. The lowest BCUT2D eigenvalue weighted by Gasteiger charge is -2.48. The molecule has 2 aromatic carbocycles. The van der Waals surface area contributed by atoms with Crippen LogP contribution in [0.2, 0.25) is 5.02 Å². The minimum absolute atomic E-state index is 0.00148. The molecule has 1 N–H and O–H groups in total. The molecular weight excluding hydrogens is 362 g/mol. The lowest BCUT2D eigenvalue weighted by molar-refractivity contribution is 0.263. The molecule has 2 aromatic rings. The third kappa shape index (κ3) is 3.35. The highest BCUT2D eigenvalue weighted by Crippen LogP contribution is 2.55. The maximum Gasteiger partial charge on any atom is 0.0437 e. The summed E-state index contributed by atoms with van der Waals surface area (Å²) in [5.41, 5.74) is 6.98. The van der Waals surface area contributed by atoms with Gasteiger partial charge in [-0.1, -0.05) is 75.7 Å². The van der Waals surface area contributed by atoms with E-state index in [0.717, 1.165) is 17.2 Å². The van der Waals surface area contributed by atoms with Crippen molar-refractivity contribution in [3.05, 3.63) is 70.8 Å². The molecule has 2 fully saturated rings. The fourth-order valence-corrected chi connectivity index (χ4v) is 5.15. The monoisotopic (exact) mass is 391 g/mol. The third-order valence-corrected chi connectivity index (χ3v) is 6.96. The summed E-state index contributed by atoms with van der Waals surface area (Å²) in [6.07, 6.45) is 3.49. The van der Waals surface area contributed by atoms with Crippen LogP contribution in [0.3, 0.4) is 0 Å². The van der Waals surface area contributed by atoms with E-state index in [9.17, 15) is 0 Å². The Labute approximate surface area is 174 Å². The molecule has 2 saturated carbocycles. The predicted molar refractivity (Wildman–Crippen MR) is 121 cm³/mol. The van der Waals surface area contributed by atoms with Gasteiger partial charge in [0, 0.05) is 22.1 Å². The van der Waals surface area contributed by atoms with E-state index in [4.69, 9.17) is 17.0 Å². The second-order valence-electron chi connectivity index (χ2n) is 9.94. The number of rotatable bonds is 3. The van der Waals surface area contributed by atoms with Crippen molar-refractivity contribution in [2.75, 3.05) is 0 Å². The molecule has 1 nitrogen and oxygen atoms in total. The molecule has 4 rings (SSSR count). The van der Waals surface area contributed by atoms with Crippen LogP contribution < -0.4 is 0 Å².